The van der Waals surface area contributed by atoms with Crippen LogP contribution < -0.4 is 4.90 Å². The fourth-order valence-electron chi connectivity index (χ4n) is 8.24. The molecular formula is C42H32ClNO. The van der Waals surface area contributed by atoms with Gasteiger partial charge in [0.1, 0.15) is 11.2 Å². The van der Waals surface area contributed by atoms with E-state index in [0.717, 1.165) is 39.0 Å². The molecule has 0 saturated carbocycles. The Morgan fingerprint density at radius 2 is 1.09 bits per heavy atom. The van der Waals surface area contributed by atoms with E-state index in [1.165, 1.54) is 44.5 Å². The zero-order valence-corrected chi connectivity index (χ0v) is 26.5. The molecule has 0 N–H and O–H groups in total. The van der Waals surface area contributed by atoms with Crippen LogP contribution in [0.25, 0.3) is 44.2 Å². The second-order valence-electron chi connectivity index (χ2n) is 13.5. The van der Waals surface area contributed by atoms with Crippen LogP contribution >= 0.6 is 11.6 Å². The minimum absolute atomic E-state index is 0.126. The molecule has 0 saturated heterocycles. The quantitative estimate of drug-likeness (QED) is 0.200. The first-order chi connectivity index (χ1) is 21.8. The predicted octanol–water partition coefficient (Wildman–Crippen LogP) is 12.3. The predicted molar refractivity (Wildman–Crippen MR) is 189 cm³/mol. The second kappa shape index (κ2) is 9.12. The Bertz CT molecular complexity index is 2360. The summed E-state index contributed by atoms with van der Waals surface area (Å²) in [7, 11) is 0. The maximum atomic E-state index is 6.93. The van der Waals surface area contributed by atoms with Crippen molar-refractivity contribution in [2.45, 2.75) is 38.5 Å². The summed E-state index contributed by atoms with van der Waals surface area (Å²) < 4.78 is 6.42. The number of halogens is 1. The monoisotopic (exact) mass is 601 g/mol. The smallest absolute Gasteiger partial charge is 0.137 e. The number of nitrogens with zero attached hydrogens (tertiary/aromatic N) is 1. The summed E-state index contributed by atoms with van der Waals surface area (Å²) in [5.41, 5.74) is 15.2. The van der Waals surface area contributed by atoms with Gasteiger partial charge in [-0.15, -0.1) is 0 Å². The summed E-state index contributed by atoms with van der Waals surface area (Å²) in [4.78, 5) is 2.45. The number of fused-ring (bicyclic) bond motifs is 9. The van der Waals surface area contributed by atoms with E-state index in [4.69, 9.17) is 16.0 Å². The molecule has 0 fully saturated rings. The van der Waals surface area contributed by atoms with E-state index in [-0.39, 0.29) is 10.8 Å². The van der Waals surface area contributed by atoms with Gasteiger partial charge in [-0.05, 0) is 87.0 Å². The molecular weight excluding hydrogens is 570 g/mol. The third-order valence-corrected chi connectivity index (χ3v) is 10.6. The van der Waals surface area contributed by atoms with Crippen LogP contribution in [-0.2, 0) is 10.8 Å². The van der Waals surface area contributed by atoms with Crippen molar-refractivity contribution < 1.29 is 4.42 Å². The number of anilines is 3. The molecule has 7 aromatic rings. The number of hydrogen-bond donors (Lipinski definition) is 0. The summed E-state index contributed by atoms with van der Waals surface area (Å²) in [6.07, 6.45) is 0. The van der Waals surface area contributed by atoms with Crippen molar-refractivity contribution in [1.29, 1.82) is 0 Å². The van der Waals surface area contributed by atoms with E-state index in [2.05, 4.69) is 130 Å². The standard InChI is InChI=1S/C42H32ClNO/c1-41(2)30-15-7-5-12-26(30)28-23-22-25(24-32(28)41)44(34-18-11-21-37-39(34)38-33(43)17-10-20-36(38)45-37)35-19-9-14-29-27-13-6-8-16-31(27)42(3,4)40(29)35/h5-24H,1-4H3. The van der Waals surface area contributed by atoms with Gasteiger partial charge < -0.3 is 9.32 Å². The molecule has 0 unspecified atom stereocenters. The first-order valence-corrected chi connectivity index (χ1v) is 16.0. The number of rotatable bonds is 3. The van der Waals surface area contributed by atoms with E-state index in [0.29, 0.717) is 5.02 Å². The molecule has 6 aromatic carbocycles. The SMILES string of the molecule is CC1(C)c2ccccc2-c2ccc(N(c3cccc4c3C(C)(C)c3ccccc3-4)c3cccc4oc5cccc(Cl)c5c34)cc21. The average Bonchev–Trinajstić information content (AvgIpc) is 3.63. The van der Waals surface area contributed by atoms with Gasteiger partial charge in [0.25, 0.3) is 0 Å². The highest BCUT2D eigenvalue weighted by molar-refractivity contribution is 6.38. The van der Waals surface area contributed by atoms with Crippen LogP contribution in [0.3, 0.4) is 0 Å². The first kappa shape index (κ1) is 26.6. The van der Waals surface area contributed by atoms with E-state index >= 15 is 0 Å². The van der Waals surface area contributed by atoms with Gasteiger partial charge in [0.15, 0.2) is 0 Å². The third kappa shape index (κ3) is 3.52. The van der Waals surface area contributed by atoms with Crippen LogP contribution in [0.1, 0.15) is 49.9 Å². The fraction of sp³-hybridized carbons (Fsp3) is 0.143. The number of benzene rings is 6. The topological polar surface area (TPSA) is 16.4 Å². The van der Waals surface area contributed by atoms with Gasteiger partial charge in [-0.3, -0.25) is 0 Å². The molecule has 1 aromatic heterocycles. The van der Waals surface area contributed by atoms with E-state index < -0.39 is 0 Å². The summed E-state index contributed by atoms with van der Waals surface area (Å²) >= 11 is 6.93. The van der Waals surface area contributed by atoms with Crippen LogP contribution in [0.15, 0.2) is 126 Å². The minimum atomic E-state index is -0.197. The van der Waals surface area contributed by atoms with Crippen molar-refractivity contribution in [3.05, 3.63) is 149 Å². The lowest BCUT2D eigenvalue weighted by molar-refractivity contribution is 0.658. The highest BCUT2D eigenvalue weighted by Gasteiger charge is 2.40. The lowest BCUT2D eigenvalue weighted by atomic mass is 9.81. The molecule has 0 spiro atoms. The molecule has 2 aliphatic rings. The molecule has 2 nitrogen and oxygen atoms in total. The Kier molecular flexibility index (Phi) is 5.39. The zero-order valence-electron chi connectivity index (χ0n) is 25.8. The maximum Gasteiger partial charge on any atom is 0.137 e. The van der Waals surface area contributed by atoms with Crippen molar-refractivity contribution in [2.24, 2.45) is 0 Å². The molecule has 3 heteroatoms. The van der Waals surface area contributed by atoms with Gasteiger partial charge in [-0.1, -0.05) is 118 Å². The molecule has 218 valence electrons. The van der Waals surface area contributed by atoms with Crippen LogP contribution in [0.4, 0.5) is 17.1 Å². The van der Waals surface area contributed by atoms with Crippen LogP contribution in [0.5, 0.6) is 0 Å². The van der Waals surface area contributed by atoms with Crippen molar-refractivity contribution in [1.82, 2.24) is 0 Å². The van der Waals surface area contributed by atoms with Gasteiger partial charge in [0.05, 0.1) is 21.8 Å². The lowest BCUT2D eigenvalue weighted by Gasteiger charge is -2.33. The molecule has 45 heavy (non-hydrogen) atoms. The van der Waals surface area contributed by atoms with Gasteiger partial charge in [0.2, 0.25) is 0 Å². The van der Waals surface area contributed by atoms with Crippen LogP contribution in [-0.4, -0.2) is 0 Å². The van der Waals surface area contributed by atoms with Crippen molar-refractivity contribution in [3.63, 3.8) is 0 Å². The van der Waals surface area contributed by atoms with Gasteiger partial charge in [0, 0.05) is 21.9 Å². The Morgan fingerprint density at radius 3 is 1.87 bits per heavy atom. The molecule has 9 rings (SSSR count). The average molecular weight is 602 g/mol. The summed E-state index contributed by atoms with van der Waals surface area (Å²) in [5.74, 6) is 0. The first-order valence-electron chi connectivity index (χ1n) is 15.6. The molecule has 0 aliphatic heterocycles. The highest BCUT2D eigenvalue weighted by Crippen LogP contribution is 2.56. The Labute approximate surface area is 268 Å². The Balaban J connectivity index is 1.38. The van der Waals surface area contributed by atoms with E-state index in [1.807, 2.05) is 24.3 Å². The Hall–Kier alpha value is -4.79. The van der Waals surface area contributed by atoms with Crippen molar-refractivity contribution >= 4 is 50.6 Å². The normalized spacial score (nSPS) is 15.1. The van der Waals surface area contributed by atoms with E-state index in [9.17, 15) is 0 Å². The third-order valence-electron chi connectivity index (χ3n) is 10.3. The Morgan fingerprint density at radius 1 is 0.511 bits per heavy atom. The second-order valence-corrected chi connectivity index (χ2v) is 13.9. The lowest BCUT2D eigenvalue weighted by Crippen LogP contribution is -2.21. The fourth-order valence-corrected chi connectivity index (χ4v) is 8.50. The summed E-state index contributed by atoms with van der Waals surface area (Å²) in [6, 6.07) is 43.7. The van der Waals surface area contributed by atoms with Gasteiger partial charge in [-0.25, -0.2) is 0 Å². The highest BCUT2D eigenvalue weighted by atomic mass is 35.5. The minimum Gasteiger partial charge on any atom is -0.456 e. The molecule has 0 atom stereocenters. The van der Waals surface area contributed by atoms with Crippen molar-refractivity contribution in [3.8, 4) is 22.3 Å². The zero-order chi connectivity index (χ0) is 30.7. The molecule has 2 aliphatic carbocycles. The summed E-state index contributed by atoms with van der Waals surface area (Å²) in [5, 5.41) is 2.65. The van der Waals surface area contributed by atoms with Crippen molar-refractivity contribution in [2.75, 3.05) is 4.90 Å². The van der Waals surface area contributed by atoms with Gasteiger partial charge >= 0.3 is 0 Å². The largest absolute Gasteiger partial charge is 0.456 e. The number of furan rings is 1. The molecule has 0 bridgehead atoms. The molecule has 1 heterocycles. The maximum absolute atomic E-state index is 6.93. The molecule has 0 radical (unpaired) electrons. The van der Waals surface area contributed by atoms with Crippen LogP contribution in [0.2, 0.25) is 5.02 Å². The number of hydrogen-bond acceptors (Lipinski definition) is 2. The molecule has 0 amide bonds. The van der Waals surface area contributed by atoms with E-state index in [1.54, 1.807) is 0 Å². The summed E-state index contributed by atoms with van der Waals surface area (Å²) in [6.45, 7) is 9.39. The van der Waals surface area contributed by atoms with Crippen LogP contribution in [0, 0.1) is 0 Å². The van der Waals surface area contributed by atoms with Gasteiger partial charge in [-0.2, -0.15) is 0 Å².